The van der Waals surface area contributed by atoms with Crippen LogP contribution in [0.1, 0.15) is 10.4 Å². The van der Waals surface area contributed by atoms with Gasteiger partial charge in [0, 0.05) is 6.07 Å². The van der Waals surface area contributed by atoms with Crippen LogP contribution in [0.25, 0.3) is 0 Å². The molecule has 0 spiro atoms. The molecule has 14 heavy (non-hydrogen) atoms. The molecule has 0 aliphatic heterocycles. The van der Waals surface area contributed by atoms with Gasteiger partial charge in [-0.2, -0.15) is 12.6 Å². The fourth-order valence-electron chi connectivity index (χ4n) is 0.984. The summed E-state index contributed by atoms with van der Waals surface area (Å²) in [7, 11) is 1.22. The van der Waals surface area contributed by atoms with E-state index in [1.54, 1.807) is 0 Å². The lowest BCUT2D eigenvalue weighted by molar-refractivity contribution is 0.101. The van der Waals surface area contributed by atoms with Crippen molar-refractivity contribution < 1.29 is 18.3 Å². The fraction of sp³-hybridized carbons (Fsp3) is 0.222. The van der Waals surface area contributed by atoms with E-state index in [1.807, 2.05) is 0 Å². The molecule has 0 atom stereocenters. The van der Waals surface area contributed by atoms with Crippen molar-refractivity contribution in [3.8, 4) is 5.75 Å². The van der Waals surface area contributed by atoms with Gasteiger partial charge in [-0.15, -0.1) is 0 Å². The average Bonchev–Trinajstić information content (AvgIpc) is 2.19. The number of halogens is 2. The topological polar surface area (TPSA) is 26.3 Å². The highest BCUT2D eigenvalue weighted by Gasteiger charge is 2.14. The SMILES string of the molecule is COc1cc(F)c(C(=O)CS)cc1F. The zero-order valence-corrected chi connectivity index (χ0v) is 8.28. The van der Waals surface area contributed by atoms with Gasteiger partial charge in [0.25, 0.3) is 0 Å². The number of hydrogen-bond acceptors (Lipinski definition) is 3. The maximum atomic E-state index is 13.2. The van der Waals surface area contributed by atoms with Crippen LogP contribution in [-0.4, -0.2) is 18.6 Å². The summed E-state index contributed by atoms with van der Waals surface area (Å²) in [6.45, 7) is 0. The van der Waals surface area contributed by atoms with Crippen LogP contribution in [0, 0.1) is 11.6 Å². The fourth-order valence-corrected chi connectivity index (χ4v) is 1.15. The molecule has 0 N–H and O–H groups in total. The summed E-state index contributed by atoms with van der Waals surface area (Å²) in [4.78, 5) is 11.1. The Bertz CT molecular complexity index is 366. The molecule has 0 saturated heterocycles. The summed E-state index contributed by atoms with van der Waals surface area (Å²) >= 11 is 3.69. The Morgan fingerprint density at radius 2 is 2.07 bits per heavy atom. The van der Waals surface area contributed by atoms with E-state index in [4.69, 9.17) is 0 Å². The highest BCUT2D eigenvalue weighted by molar-refractivity contribution is 7.81. The van der Waals surface area contributed by atoms with Gasteiger partial charge in [-0.05, 0) is 6.07 Å². The predicted octanol–water partition coefficient (Wildman–Crippen LogP) is 2.09. The molecule has 0 heterocycles. The Morgan fingerprint density at radius 1 is 1.43 bits per heavy atom. The molecule has 0 aromatic heterocycles. The van der Waals surface area contributed by atoms with Gasteiger partial charge in [-0.3, -0.25) is 4.79 Å². The highest BCUT2D eigenvalue weighted by Crippen LogP contribution is 2.21. The second-order valence-electron chi connectivity index (χ2n) is 2.55. The first-order valence-corrected chi connectivity index (χ1v) is 4.40. The number of hydrogen-bond donors (Lipinski definition) is 1. The minimum atomic E-state index is -0.803. The summed E-state index contributed by atoms with van der Waals surface area (Å²) in [5, 5.41) is 0. The maximum absolute atomic E-state index is 13.2. The first-order chi connectivity index (χ1) is 6.60. The van der Waals surface area contributed by atoms with Gasteiger partial charge in [0.05, 0.1) is 18.4 Å². The van der Waals surface area contributed by atoms with Crippen LogP contribution in [0.5, 0.6) is 5.75 Å². The number of carbonyl (C=O) groups is 1. The molecule has 1 rings (SSSR count). The zero-order valence-electron chi connectivity index (χ0n) is 7.38. The number of carbonyl (C=O) groups excluding carboxylic acids is 1. The van der Waals surface area contributed by atoms with Crippen molar-refractivity contribution in [2.75, 3.05) is 12.9 Å². The molecule has 76 valence electrons. The number of benzene rings is 1. The van der Waals surface area contributed by atoms with Crippen molar-refractivity contribution in [3.63, 3.8) is 0 Å². The van der Waals surface area contributed by atoms with Gasteiger partial charge in [-0.1, -0.05) is 0 Å². The molecular formula is C9H8F2O2S. The minimum absolute atomic E-state index is 0.164. The smallest absolute Gasteiger partial charge is 0.175 e. The third-order valence-electron chi connectivity index (χ3n) is 1.69. The molecule has 0 fully saturated rings. The zero-order chi connectivity index (χ0) is 10.7. The summed E-state index contributed by atoms with van der Waals surface area (Å²) in [5.74, 6) is -2.52. The van der Waals surface area contributed by atoms with Gasteiger partial charge >= 0.3 is 0 Å². The van der Waals surface area contributed by atoms with Crippen molar-refractivity contribution in [1.82, 2.24) is 0 Å². The molecular weight excluding hydrogens is 210 g/mol. The Morgan fingerprint density at radius 3 is 2.57 bits per heavy atom. The molecule has 5 heteroatoms. The monoisotopic (exact) mass is 218 g/mol. The van der Waals surface area contributed by atoms with E-state index in [2.05, 4.69) is 17.4 Å². The maximum Gasteiger partial charge on any atom is 0.175 e. The van der Waals surface area contributed by atoms with Gasteiger partial charge in [0.1, 0.15) is 5.82 Å². The Hall–Kier alpha value is -1.10. The van der Waals surface area contributed by atoms with E-state index in [0.717, 1.165) is 12.1 Å². The van der Waals surface area contributed by atoms with Crippen molar-refractivity contribution >= 4 is 18.4 Å². The number of methoxy groups -OCH3 is 1. The summed E-state index contributed by atoms with van der Waals surface area (Å²) in [6.07, 6.45) is 0. The standard InChI is InChI=1S/C9H8F2O2S/c1-13-9-3-6(10)5(2-7(9)11)8(12)4-14/h2-3,14H,4H2,1H3. The number of ketones is 1. The van der Waals surface area contributed by atoms with E-state index >= 15 is 0 Å². The Kier molecular flexibility index (Phi) is 3.46. The minimum Gasteiger partial charge on any atom is -0.494 e. The third kappa shape index (κ3) is 2.04. The molecule has 0 aliphatic rings. The number of ether oxygens (including phenoxy) is 1. The molecule has 0 radical (unpaired) electrons. The first kappa shape index (κ1) is 11.0. The highest BCUT2D eigenvalue weighted by atomic mass is 32.1. The number of thiol groups is 1. The van der Waals surface area contributed by atoms with Crippen LogP contribution in [0.15, 0.2) is 12.1 Å². The second-order valence-corrected chi connectivity index (χ2v) is 2.86. The molecule has 1 aromatic carbocycles. The van der Waals surface area contributed by atoms with E-state index < -0.39 is 17.4 Å². The third-order valence-corrected chi connectivity index (χ3v) is 1.97. The quantitative estimate of drug-likeness (QED) is 0.621. The van der Waals surface area contributed by atoms with Gasteiger partial charge < -0.3 is 4.74 Å². The predicted molar refractivity (Wildman–Crippen MR) is 51.1 cm³/mol. The second kappa shape index (κ2) is 4.41. The van der Waals surface area contributed by atoms with Gasteiger partial charge in [0.2, 0.25) is 0 Å². The van der Waals surface area contributed by atoms with E-state index in [-0.39, 0.29) is 17.1 Å². The molecule has 0 saturated carbocycles. The van der Waals surface area contributed by atoms with Crippen LogP contribution in [0.3, 0.4) is 0 Å². The first-order valence-electron chi connectivity index (χ1n) is 3.77. The number of rotatable bonds is 3. The summed E-state index contributed by atoms with van der Waals surface area (Å²) in [5.41, 5.74) is -0.307. The van der Waals surface area contributed by atoms with Crippen LogP contribution in [0.4, 0.5) is 8.78 Å². The Balaban J connectivity index is 3.21. The van der Waals surface area contributed by atoms with Crippen molar-refractivity contribution in [3.05, 3.63) is 29.3 Å². The number of Topliss-reactive ketones (excluding diaryl/α,β-unsaturated/α-hetero) is 1. The van der Waals surface area contributed by atoms with E-state index in [1.165, 1.54) is 7.11 Å². The lowest BCUT2D eigenvalue weighted by Crippen LogP contribution is -2.05. The van der Waals surface area contributed by atoms with Crippen molar-refractivity contribution in [2.24, 2.45) is 0 Å². The van der Waals surface area contributed by atoms with Crippen LogP contribution in [-0.2, 0) is 0 Å². The largest absolute Gasteiger partial charge is 0.494 e. The molecule has 2 nitrogen and oxygen atoms in total. The molecule has 0 aliphatic carbocycles. The summed E-state index contributed by atoms with van der Waals surface area (Å²) in [6, 6.07) is 1.65. The van der Waals surface area contributed by atoms with Crippen molar-refractivity contribution in [1.29, 1.82) is 0 Å². The van der Waals surface area contributed by atoms with Crippen molar-refractivity contribution in [2.45, 2.75) is 0 Å². The van der Waals surface area contributed by atoms with Crippen LogP contribution in [0.2, 0.25) is 0 Å². The molecule has 1 aromatic rings. The van der Waals surface area contributed by atoms with E-state index in [9.17, 15) is 13.6 Å². The van der Waals surface area contributed by atoms with Crippen LogP contribution >= 0.6 is 12.6 Å². The van der Waals surface area contributed by atoms with Gasteiger partial charge in [-0.25, -0.2) is 8.78 Å². The molecule has 0 bridgehead atoms. The van der Waals surface area contributed by atoms with E-state index in [0.29, 0.717) is 0 Å². The molecule has 0 amide bonds. The summed E-state index contributed by atoms with van der Waals surface area (Å²) < 4.78 is 30.8. The normalized spacial score (nSPS) is 10.0. The lowest BCUT2D eigenvalue weighted by Gasteiger charge is -2.04. The van der Waals surface area contributed by atoms with Gasteiger partial charge in [0.15, 0.2) is 17.3 Å². The van der Waals surface area contributed by atoms with Crippen LogP contribution < -0.4 is 4.74 Å². The lowest BCUT2D eigenvalue weighted by atomic mass is 10.1. The molecule has 0 unspecified atom stereocenters. The average molecular weight is 218 g/mol. The Labute approximate surface area is 85.3 Å².